The van der Waals surface area contributed by atoms with Gasteiger partial charge in [-0.1, -0.05) is 36.4 Å². The van der Waals surface area contributed by atoms with E-state index < -0.39 is 0 Å². The highest BCUT2D eigenvalue weighted by Gasteiger charge is 2.23. The Labute approximate surface area is 113 Å². The standard InChI is InChI=1S/C17H18O2/c18-16-9-3-7-14(16)11-12-19-17-10-4-6-13-5-1-2-8-15(13)17/h1-2,4-6,8,10,14H,3,7,9,11-12H2. The minimum absolute atomic E-state index is 0.231. The molecule has 0 bridgehead atoms. The number of ether oxygens (including phenoxy) is 1. The zero-order valence-corrected chi connectivity index (χ0v) is 11.0. The lowest BCUT2D eigenvalue weighted by Gasteiger charge is -2.11. The highest BCUT2D eigenvalue weighted by atomic mass is 16.5. The predicted octanol–water partition coefficient (Wildman–Crippen LogP) is 3.98. The molecule has 2 aromatic carbocycles. The summed E-state index contributed by atoms with van der Waals surface area (Å²) in [5, 5.41) is 2.33. The second kappa shape index (κ2) is 5.43. The van der Waals surface area contributed by atoms with Gasteiger partial charge in [-0.3, -0.25) is 4.79 Å². The summed E-state index contributed by atoms with van der Waals surface area (Å²) in [6.07, 6.45) is 3.70. The van der Waals surface area contributed by atoms with E-state index in [1.807, 2.05) is 24.3 Å². The second-order valence-corrected chi connectivity index (χ2v) is 5.17. The van der Waals surface area contributed by atoms with Gasteiger partial charge >= 0.3 is 0 Å². The van der Waals surface area contributed by atoms with Crippen LogP contribution in [-0.2, 0) is 4.79 Å². The van der Waals surface area contributed by atoms with Crippen LogP contribution in [0.5, 0.6) is 5.75 Å². The van der Waals surface area contributed by atoms with Crippen LogP contribution in [-0.4, -0.2) is 12.4 Å². The molecule has 0 N–H and O–H groups in total. The van der Waals surface area contributed by atoms with Gasteiger partial charge in [0.1, 0.15) is 11.5 Å². The number of fused-ring (bicyclic) bond motifs is 1. The molecule has 3 rings (SSSR count). The molecule has 1 fully saturated rings. The van der Waals surface area contributed by atoms with Crippen molar-refractivity contribution in [3.63, 3.8) is 0 Å². The Balaban J connectivity index is 1.67. The molecule has 0 saturated heterocycles. The van der Waals surface area contributed by atoms with Gasteiger partial charge in [-0.25, -0.2) is 0 Å². The molecule has 1 aliphatic rings. The largest absolute Gasteiger partial charge is 0.493 e. The highest BCUT2D eigenvalue weighted by molar-refractivity contribution is 5.88. The third kappa shape index (κ3) is 2.62. The van der Waals surface area contributed by atoms with E-state index in [2.05, 4.69) is 18.2 Å². The van der Waals surface area contributed by atoms with Crippen molar-refractivity contribution in [1.29, 1.82) is 0 Å². The molecule has 1 saturated carbocycles. The average molecular weight is 254 g/mol. The Hall–Kier alpha value is -1.83. The zero-order valence-electron chi connectivity index (χ0n) is 11.0. The number of Topliss-reactive ketones (excluding diaryl/α,β-unsaturated/α-hetero) is 1. The van der Waals surface area contributed by atoms with Crippen molar-refractivity contribution >= 4 is 16.6 Å². The Bertz CT molecular complexity index is 583. The number of hydrogen-bond donors (Lipinski definition) is 0. The third-order valence-electron chi connectivity index (χ3n) is 3.90. The molecule has 2 aromatic rings. The van der Waals surface area contributed by atoms with E-state index in [9.17, 15) is 4.79 Å². The normalized spacial score (nSPS) is 18.9. The molecule has 19 heavy (non-hydrogen) atoms. The number of benzene rings is 2. The molecule has 1 atom stereocenters. The highest BCUT2D eigenvalue weighted by Crippen LogP contribution is 2.27. The van der Waals surface area contributed by atoms with Crippen molar-refractivity contribution in [2.24, 2.45) is 5.92 Å². The molecule has 0 spiro atoms. The molecule has 1 unspecified atom stereocenters. The van der Waals surface area contributed by atoms with Crippen molar-refractivity contribution in [3.8, 4) is 5.75 Å². The predicted molar refractivity (Wildman–Crippen MR) is 76.4 cm³/mol. The van der Waals surface area contributed by atoms with E-state index in [0.717, 1.165) is 36.8 Å². The number of carbonyl (C=O) groups excluding carboxylic acids is 1. The van der Waals surface area contributed by atoms with Crippen LogP contribution < -0.4 is 4.74 Å². The maximum Gasteiger partial charge on any atom is 0.136 e. The van der Waals surface area contributed by atoms with E-state index in [4.69, 9.17) is 4.74 Å². The Morgan fingerprint density at radius 3 is 2.79 bits per heavy atom. The van der Waals surface area contributed by atoms with Crippen molar-refractivity contribution in [3.05, 3.63) is 42.5 Å². The monoisotopic (exact) mass is 254 g/mol. The fraction of sp³-hybridized carbons (Fsp3) is 0.353. The van der Waals surface area contributed by atoms with Crippen molar-refractivity contribution in [2.45, 2.75) is 25.7 Å². The van der Waals surface area contributed by atoms with Gasteiger partial charge in [-0.05, 0) is 30.7 Å². The molecule has 2 heteroatoms. The summed E-state index contributed by atoms with van der Waals surface area (Å²) in [4.78, 5) is 11.6. The Morgan fingerprint density at radius 2 is 1.95 bits per heavy atom. The first-order chi connectivity index (χ1) is 9.34. The summed E-state index contributed by atoms with van der Waals surface area (Å²) in [6, 6.07) is 14.3. The number of rotatable bonds is 4. The van der Waals surface area contributed by atoms with E-state index in [1.54, 1.807) is 0 Å². The van der Waals surface area contributed by atoms with Crippen LogP contribution >= 0.6 is 0 Å². The van der Waals surface area contributed by atoms with Crippen LogP contribution in [0.3, 0.4) is 0 Å². The fourth-order valence-corrected chi connectivity index (χ4v) is 2.83. The summed E-state index contributed by atoms with van der Waals surface area (Å²) in [5.74, 6) is 1.57. The molecule has 0 amide bonds. The summed E-state index contributed by atoms with van der Waals surface area (Å²) in [6.45, 7) is 0.629. The first kappa shape index (κ1) is 12.2. The lowest BCUT2D eigenvalue weighted by molar-refractivity contribution is -0.120. The second-order valence-electron chi connectivity index (χ2n) is 5.17. The molecular weight excluding hydrogens is 236 g/mol. The number of hydrogen-bond acceptors (Lipinski definition) is 2. The van der Waals surface area contributed by atoms with Crippen LogP contribution in [0.2, 0.25) is 0 Å². The molecule has 2 nitrogen and oxygen atoms in total. The number of carbonyl (C=O) groups is 1. The summed E-state index contributed by atoms with van der Waals surface area (Å²) < 4.78 is 5.88. The maximum absolute atomic E-state index is 11.6. The lowest BCUT2D eigenvalue weighted by atomic mass is 10.0. The minimum Gasteiger partial charge on any atom is -0.493 e. The van der Waals surface area contributed by atoms with E-state index >= 15 is 0 Å². The van der Waals surface area contributed by atoms with Crippen LogP contribution in [0.4, 0.5) is 0 Å². The third-order valence-corrected chi connectivity index (χ3v) is 3.90. The first-order valence-corrected chi connectivity index (χ1v) is 6.98. The quantitative estimate of drug-likeness (QED) is 0.825. The van der Waals surface area contributed by atoms with E-state index in [-0.39, 0.29) is 5.92 Å². The summed E-state index contributed by atoms with van der Waals surface area (Å²) in [5.41, 5.74) is 0. The van der Waals surface area contributed by atoms with Gasteiger partial charge < -0.3 is 4.74 Å². The molecule has 1 aliphatic carbocycles. The topological polar surface area (TPSA) is 26.3 Å². The van der Waals surface area contributed by atoms with E-state index in [1.165, 1.54) is 5.39 Å². The van der Waals surface area contributed by atoms with Gasteiger partial charge in [0.15, 0.2) is 0 Å². The average Bonchev–Trinajstić information content (AvgIpc) is 2.85. The van der Waals surface area contributed by atoms with Crippen LogP contribution in [0.15, 0.2) is 42.5 Å². The van der Waals surface area contributed by atoms with Gasteiger partial charge in [0.05, 0.1) is 6.61 Å². The fourth-order valence-electron chi connectivity index (χ4n) is 2.83. The van der Waals surface area contributed by atoms with Gasteiger partial charge in [-0.2, -0.15) is 0 Å². The van der Waals surface area contributed by atoms with Gasteiger partial charge in [0.25, 0.3) is 0 Å². The molecule has 0 aromatic heterocycles. The lowest BCUT2D eigenvalue weighted by Crippen LogP contribution is -2.11. The number of ketones is 1. The van der Waals surface area contributed by atoms with Crippen molar-refractivity contribution < 1.29 is 9.53 Å². The molecular formula is C17H18O2. The van der Waals surface area contributed by atoms with Crippen molar-refractivity contribution in [2.75, 3.05) is 6.61 Å². The van der Waals surface area contributed by atoms with Gasteiger partial charge in [0, 0.05) is 17.7 Å². The van der Waals surface area contributed by atoms with Crippen molar-refractivity contribution in [1.82, 2.24) is 0 Å². The first-order valence-electron chi connectivity index (χ1n) is 6.98. The Kier molecular flexibility index (Phi) is 3.49. The summed E-state index contributed by atoms with van der Waals surface area (Å²) in [7, 11) is 0. The van der Waals surface area contributed by atoms with Gasteiger partial charge in [0.2, 0.25) is 0 Å². The molecule has 0 heterocycles. The summed E-state index contributed by atoms with van der Waals surface area (Å²) >= 11 is 0. The maximum atomic E-state index is 11.6. The molecule has 98 valence electrons. The SMILES string of the molecule is O=C1CCCC1CCOc1cccc2ccccc12. The van der Waals surface area contributed by atoms with Crippen LogP contribution in [0.1, 0.15) is 25.7 Å². The Morgan fingerprint density at radius 1 is 1.11 bits per heavy atom. The smallest absolute Gasteiger partial charge is 0.136 e. The molecule has 0 aliphatic heterocycles. The van der Waals surface area contributed by atoms with E-state index in [0.29, 0.717) is 12.4 Å². The van der Waals surface area contributed by atoms with Gasteiger partial charge in [-0.15, -0.1) is 0 Å². The van der Waals surface area contributed by atoms with Crippen LogP contribution in [0.25, 0.3) is 10.8 Å². The van der Waals surface area contributed by atoms with Crippen LogP contribution in [0, 0.1) is 5.92 Å². The zero-order chi connectivity index (χ0) is 13.1. The minimum atomic E-state index is 0.231. The molecule has 0 radical (unpaired) electrons.